The summed E-state index contributed by atoms with van der Waals surface area (Å²) in [6.07, 6.45) is 1.68. The smallest absolute Gasteiger partial charge is 0.273 e. The molecule has 0 aliphatic carbocycles. The van der Waals surface area contributed by atoms with Crippen molar-refractivity contribution in [2.24, 2.45) is 0 Å². The highest BCUT2D eigenvalue weighted by Crippen LogP contribution is 2.31. The van der Waals surface area contributed by atoms with Gasteiger partial charge in [0.2, 0.25) is 0 Å². The summed E-state index contributed by atoms with van der Waals surface area (Å²) in [7, 11) is 1.56. The highest BCUT2D eigenvalue weighted by molar-refractivity contribution is 7.80. The van der Waals surface area contributed by atoms with E-state index in [0.29, 0.717) is 27.2 Å². The minimum absolute atomic E-state index is 0.245. The summed E-state index contributed by atoms with van der Waals surface area (Å²) < 4.78 is 11.2. The fourth-order valence-corrected chi connectivity index (χ4v) is 3.00. The van der Waals surface area contributed by atoms with E-state index in [1.54, 1.807) is 43.5 Å². The molecule has 0 saturated carbocycles. The Kier molecular flexibility index (Phi) is 5.66. The lowest BCUT2D eigenvalue weighted by Gasteiger charge is -2.12. The standard InChI is InChI=1S/C18H14Cl2N2O3S/c1-24-15-5-2-10(6-14-17(23)22-18(26)21-14)7-16(15)25-9-11-3-4-12(19)8-13(11)20/h2-8H,9H2,1H3,(H2,21,22,23,26). The number of methoxy groups -OCH3 is 1. The van der Waals surface area contributed by atoms with Gasteiger partial charge in [0.25, 0.3) is 5.91 Å². The Morgan fingerprint density at radius 3 is 2.58 bits per heavy atom. The molecule has 2 N–H and O–H groups in total. The fourth-order valence-electron chi connectivity index (χ4n) is 2.34. The first-order chi connectivity index (χ1) is 12.5. The van der Waals surface area contributed by atoms with Crippen molar-refractivity contribution < 1.29 is 14.3 Å². The van der Waals surface area contributed by atoms with Crippen molar-refractivity contribution in [2.75, 3.05) is 7.11 Å². The number of hydrogen-bond acceptors (Lipinski definition) is 4. The number of amides is 1. The van der Waals surface area contributed by atoms with Crippen molar-refractivity contribution in [1.82, 2.24) is 10.6 Å². The second kappa shape index (κ2) is 7.95. The molecule has 0 bridgehead atoms. The third-order valence-electron chi connectivity index (χ3n) is 3.62. The van der Waals surface area contributed by atoms with Gasteiger partial charge in [0.15, 0.2) is 16.6 Å². The van der Waals surface area contributed by atoms with E-state index in [2.05, 4.69) is 10.6 Å². The monoisotopic (exact) mass is 408 g/mol. The first-order valence-corrected chi connectivity index (χ1v) is 8.71. The van der Waals surface area contributed by atoms with Gasteiger partial charge in [0.05, 0.1) is 7.11 Å². The third kappa shape index (κ3) is 4.27. The van der Waals surface area contributed by atoms with Crippen molar-refractivity contribution >= 4 is 52.5 Å². The normalized spacial score (nSPS) is 15.0. The molecular weight excluding hydrogens is 395 g/mol. The third-order valence-corrected chi connectivity index (χ3v) is 4.41. The van der Waals surface area contributed by atoms with Crippen LogP contribution >= 0.6 is 35.4 Å². The van der Waals surface area contributed by atoms with Crippen LogP contribution in [0.1, 0.15) is 11.1 Å². The molecule has 1 fully saturated rings. The van der Waals surface area contributed by atoms with Crippen molar-refractivity contribution in [3.05, 3.63) is 63.3 Å². The lowest BCUT2D eigenvalue weighted by molar-refractivity contribution is -0.115. The first-order valence-electron chi connectivity index (χ1n) is 7.55. The molecule has 8 heteroatoms. The van der Waals surface area contributed by atoms with Crippen LogP contribution in [0.15, 0.2) is 42.1 Å². The summed E-state index contributed by atoms with van der Waals surface area (Å²) in [6, 6.07) is 10.5. The molecule has 0 radical (unpaired) electrons. The predicted octanol–water partition coefficient (Wildman–Crippen LogP) is 3.93. The molecule has 5 nitrogen and oxygen atoms in total. The van der Waals surface area contributed by atoms with E-state index in [4.69, 9.17) is 44.9 Å². The highest BCUT2D eigenvalue weighted by atomic mass is 35.5. The number of benzene rings is 2. The molecule has 1 heterocycles. The molecule has 134 valence electrons. The largest absolute Gasteiger partial charge is 0.493 e. The summed E-state index contributed by atoms with van der Waals surface area (Å²) in [5.41, 5.74) is 1.92. The van der Waals surface area contributed by atoms with Gasteiger partial charge in [-0.25, -0.2) is 0 Å². The Balaban J connectivity index is 1.83. The van der Waals surface area contributed by atoms with Gasteiger partial charge in [0, 0.05) is 15.6 Å². The van der Waals surface area contributed by atoms with E-state index >= 15 is 0 Å². The van der Waals surface area contributed by atoms with Gasteiger partial charge < -0.3 is 14.8 Å². The Morgan fingerprint density at radius 2 is 1.92 bits per heavy atom. The summed E-state index contributed by atoms with van der Waals surface area (Å²) in [4.78, 5) is 11.8. The summed E-state index contributed by atoms with van der Waals surface area (Å²) in [5, 5.41) is 6.68. The topological polar surface area (TPSA) is 59.6 Å². The molecule has 2 aromatic rings. The lowest BCUT2D eigenvalue weighted by Crippen LogP contribution is -2.21. The molecule has 0 spiro atoms. The van der Waals surface area contributed by atoms with Crippen LogP contribution in [-0.4, -0.2) is 18.1 Å². The van der Waals surface area contributed by atoms with E-state index in [1.807, 2.05) is 6.07 Å². The average molecular weight is 409 g/mol. The maximum Gasteiger partial charge on any atom is 0.273 e. The molecule has 1 saturated heterocycles. The molecule has 1 aliphatic heterocycles. The highest BCUT2D eigenvalue weighted by Gasteiger charge is 2.20. The van der Waals surface area contributed by atoms with Crippen molar-refractivity contribution in [1.29, 1.82) is 0 Å². The predicted molar refractivity (Wildman–Crippen MR) is 106 cm³/mol. The Morgan fingerprint density at radius 1 is 1.12 bits per heavy atom. The summed E-state index contributed by atoms with van der Waals surface area (Å²) in [5.74, 6) is 0.812. The minimum Gasteiger partial charge on any atom is -0.493 e. The molecule has 1 aliphatic rings. The van der Waals surface area contributed by atoms with E-state index < -0.39 is 0 Å². The van der Waals surface area contributed by atoms with Crippen LogP contribution < -0.4 is 20.1 Å². The van der Waals surface area contributed by atoms with Crippen LogP contribution in [0.4, 0.5) is 0 Å². The van der Waals surface area contributed by atoms with Gasteiger partial charge in [-0.05, 0) is 48.1 Å². The van der Waals surface area contributed by atoms with Gasteiger partial charge in [-0.3, -0.25) is 10.1 Å². The van der Waals surface area contributed by atoms with Crippen LogP contribution in [0.5, 0.6) is 11.5 Å². The second-order valence-electron chi connectivity index (χ2n) is 5.40. The van der Waals surface area contributed by atoms with Gasteiger partial charge >= 0.3 is 0 Å². The average Bonchev–Trinajstić information content (AvgIpc) is 2.91. The van der Waals surface area contributed by atoms with Crippen LogP contribution in [0.3, 0.4) is 0 Å². The van der Waals surface area contributed by atoms with Gasteiger partial charge in [0.1, 0.15) is 12.3 Å². The van der Waals surface area contributed by atoms with Crippen LogP contribution in [-0.2, 0) is 11.4 Å². The molecule has 1 amide bonds. The molecule has 3 rings (SSSR count). The van der Waals surface area contributed by atoms with Crippen molar-refractivity contribution in [3.8, 4) is 11.5 Å². The SMILES string of the molecule is COc1ccc(C=C2NC(=S)NC2=O)cc1OCc1ccc(Cl)cc1Cl. The zero-order valence-corrected chi connectivity index (χ0v) is 16.0. The number of ether oxygens (including phenoxy) is 2. The second-order valence-corrected chi connectivity index (χ2v) is 6.65. The number of rotatable bonds is 5. The maximum atomic E-state index is 11.8. The minimum atomic E-state index is -0.277. The molecular formula is C18H14Cl2N2O3S. The zero-order valence-electron chi connectivity index (χ0n) is 13.6. The number of carbonyl (C=O) groups excluding carboxylic acids is 1. The number of halogens is 2. The van der Waals surface area contributed by atoms with Crippen LogP contribution in [0, 0.1) is 0 Å². The van der Waals surface area contributed by atoms with Gasteiger partial charge in [-0.1, -0.05) is 35.3 Å². The maximum absolute atomic E-state index is 11.8. The summed E-state index contributed by atoms with van der Waals surface area (Å²) >= 11 is 17.0. The van der Waals surface area contributed by atoms with Crippen LogP contribution in [0.25, 0.3) is 6.08 Å². The van der Waals surface area contributed by atoms with E-state index in [-0.39, 0.29) is 17.6 Å². The molecule has 0 unspecified atom stereocenters. The van der Waals surface area contributed by atoms with Crippen molar-refractivity contribution in [2.45, 2.75) is 6.61 Å². The molecule has 0 atom stereocenters. The molecule has 26 heavy (non-hydrogen) atoms. The van der Waals surface area contributed by atoms with Crippen molar-refractivity contribution in [3.63, 3.8) is 0 Å². The number of carbonyl (C=O) groups is 1. The Labute approximate surface area is 165 Å². The van der Waals surface area contributed by atoms with E-state index in [9.17, 15) is 4.79 Å². The zero-order chi connectivity index (χ0) is 18.7. The number of nitrogens with one attached hydrogen (secondary N) is 2. The Hall–Kier alpha value is -2.28. The summed E-state index contributed by atoms with van der Waals surface area (Å²) in [6.45, 7) is 0.245. The van der Waals surface area contributed by atoms with E-state index in [0.717, 1.165) is 11.1 Å². The molecule has 2 aromatic carbocycles. The Bertz CT molecular complexity index is 915. The quantitative estimate of drug-likeness (QED) is 0.579. The van der Waals surface area contributed by atoms with Gasteiger partial charge in [-0.15, -0.1) is 0 Å². The lowest BCUT2D eigenvalue weighted by atomic mass is 10.1. The fraction of sp³-hybridized carbons (Fsp3) is 0.111. The molecule has 0 aromatic heterocycles. The van der Waals surface area contributed by atoms with Crippen LogP contribution in [0.2, 0.25) is 10.0 Å². The van der Waals surface area contributed by atoms with E-state index in [1.165, 1.54) is 0 Å². The first kappa shape index (κ1) is 18.5. The number of thiocarbonyl (C=S) groups is 1. The number of hydrogen-bond donors (Lipinski definition) is 2. The van der Waals surface area contributed by atoms with Gasteiger partial charge in [-0.2, -0.15) is 0 Å².